The molecule has 5 heteroatoms. The molecule has 2 aliphatic rings. The van der Waals surface area contributed by atoms with E-state index in [-0.39, 0.29) is 23.9 Å². The number of fused-ring (bicyclic) bond motifs is 1. The van der Waals surface area contributed by atoms with Crippen LogP contribution in [-0.4, -0.2) is 40.7 Å². The van der Waals surface area contributed by atoms with E-state index in [4.69, 9.17) is 0 Å². The normalized spacial score (nSPS) is 32.4. The molecular formula is C7H9BrN2O2. The van der Waals surface area contributed by atoms with E-state index in [9.17, 15) is 9.59 Å². The molecule has 2 amide bonds. The van der Waals surface area contributed by atoms with Crippen LogP contribution in [0, 0.1) is 0 Å². The monoisotopic (exact) mass is 232 g/mol. The first-order valence-corrected chi connectivity index (χ1v) is 5.02. The van der Waals surface area contributed by atoms with Gasteiger partial charge in [0.15, 0.2) is 0 Å². The number of alkyl halides is 1. The quantitative estimate of drug-likeness (QED) is 0.489. The van der Waals surface area contributed by atoms with Crippen molar-refractivity contribution in [3.8, 4) is 0 Å². The Morgan fingerprint density at radius 2 is 2.50 bits per heavy atom. The molecule has 0 bridgehead atoms. The first-order chi connectivity index (χ1) is 5.74. The molecule has 2 saturated heterocycles. The van der Waals surface area contributed by atoms with Crippen molar-refractivity contribution in [1.29, 1.82) is 0 Å². The van der Waals surface area contributed by atoms with E-state index in [1.165, 1.54) is 0 Å². The molecule has 2 heterocycles. The molecule has 66 valence electrons. The number of nitrogens with zero attached hydrogens (tertiary/aromatic N) is 1. The number of likely N-dealkylation sites (tertiary alicyclic amines) is 1. The Labute approximate surface area is 78.4 Å². The second-order valence-corrected chi connectivity index (χ2v) is 3.63. The van der Waals surface area contributed by atoms with E-state index < -0.39 is 0 Å². The smallest absolute Gasteiger partial charge is 0.245 e. The molecule has 0 aromatic carbocycles. The summed E-state index contributed by atoms with van der Waals surface area (Å²) in [6.45, 7) is 0.707. The maximum atomic E-state index is 11.2. The number of carbonyl (C=O) groups excluding carboxylic acids is 2. The minimum absolute atomic E-state index is 0.00759. The molecule has 0 saturated carbocycles. The SMILES string of the molecule is O=C1NC2CCN(C(=O)CBr)[C@@H]12. The summed E-state index contributed by atoms with van der Waals surface area (Å²) >= 11 is 3.09. The Morgan fingerprint density at radius 3 is 3.08 bits per heavy atom. The first kappa shape index (κ1) is 8.04. The fourth-order valence-corrected chi connectivity index (χ4v) is 2.12. The molecule has 0 radical (unpaired) electrons. The van der Waals surface area contributed by atoms with E-state index >= 15 is 0 Å². The minimum Gasteiger partial charge on any atom is -0.349 e. The van der Waals surface area contributed by atoms with Gasteiger partial charge in [0.05, 0.1) is 11.4 Å². The summed E-state index contributed by atoms with van der Waals surface area (Å²) in [5.41, 5.74) is 0. The van der Waals surface area contributed by atoms with Crippen LogP contribution < -0.4 is 5.32 Å². The van der Waals surface area contributed by atoms with Crippen LogP contribution in [0.1, 0.15) is 6.42 Å². The predicted octanol–water partition coefficient (Wildman–Crippen LogP) is -0.519. The Balaban J connectivity index is 2.08. The average Bonchev–Trinajstić information content (AvgIpc) is 2.40. The number of nitrogens with one attached hydrogen (secondary N) is 1. The molecule has 2 rings (SSSR count). The van der Waals surface area contributed by atoms with Crippen molar-refractivity contribution >= 4 is 27.7 Å². The van der Waals surface area contributed by atoms with Crippen LogP contribution in [0.5, 0.6) is 0 Å². The zero-order chi connectivity index (χ0) is 8.72. The van der Waals surface area contributed by atoms with Gasteiger partial charge in [-0.05, 0) is 6.42 Å². The number of hydrogen-bond donors (Lipinski definition) is 1. The summed E-state index contributed by atoms with van der Waals surface area (Å²) in [4.78, 5) is 23.9. The average molecular weight is 233 g/mol. The van der Waals surface area contributed by atoms with Gasteiger partial charge in [-0.2, -0.15) is 0 Å². The van der Waals surface area contributed by atoms with E-state index in [2.05, 4.69) is 21.2 Å². The number of rotatable bonds is 1. The third-order valence-corrected chi connectivity index (χ3v) is 2.91. The third kappa shape index (κ3) is 0.957. The third-order valence-electron chi connectivity index (χ3n) is 2.43. The van der Waals surface area contributed by atoms with Crippen LogP contribution in [-0.2, 0) is 9.59 Å². The highest BCUT2D eigenvalue weighted by Gasteiger charge is 2.49. The topological polar surface area (TPSA) is 49.4 Å². The zero-order valence-corrected chi connectivity index (χ0v) is 8.00. The van der Waals surface area contributed by atoms with Crippen molar-refractivity contribution in [1.82, 2.24) is 10.2 Å². The maximum Gasteiger partial charge on any atom is 0.245 e. The van der Waals surface area contributed by atoms with Gasteiger partial charge in [0.1, 0.15) is 6.04 Å². The van der Waals surface area contributed by atoms with Gasteiger partial charge in [0.2, 0.25) is 11.8 Å². The van der Waals surface area contributed by atoms with Crippen LogP contribution in [0.2, 0.25) is 0 Å². The number of β-lactam (4-membered cyclic amide) rings is 1. The van der Waals surface area contributed by atoms with Gasteiger partial charge in [0.25, 0.3) is 0 Å². The summed E-state index contributed by atoms with van der Waals surface area (Å²) < 4.78 is 0. The Bertz CT molecular complexity index is 244. The van der Waals surface area contributed by atoms with Crippen molar-refractivity contribution < 1.29 is 9.59 Å². The van der Waals surface area contributed by atoms with Crippen molar-refractivity contribution in [2.45, 2.75) is 18.5 Å². The van der Waals surface area contributed by atoms with Gasteiger partial charge in [-0.25, -0.2) is 0 Å². The fraction of sp³-hybridized carbons (Fsp3) is 0.714. The molecule has 4 nitrogen and oxygen atoms in total. The van der Waals surface area contributed by atoms with Crippen molar-refractivity contribution in [2.24, 2.45) is 0 Å². The summed E-state index contributed by atoms with van der Waals surface area (Å²) in [5, 5.41) is 3.07. The summed E-state index contributed by atoms with van der Waals surface area (Å²) in [5.74, 6) is 0.00384. The van der Waals surface area contributed by atoms with Gasteiger partial charge in [0, 0.05) is 6.54 Å². The predicted molar refractivity (Wildman–Crippen MR) is 45.8 cm³/mol. The van der Waals surface area contributed by atoms with E-state index in [0.717, 1.165) is 6.42 Å². The Kier molecular flexibility index (Phi) is 1.83. The molecule has 0 aromatic rings. The number of halogens is 1. The first-order valence-electron chi connectivity index (χ1n) is 3.90. The highest BCUT2D eigenvalue weighted by Crippen LogP contribution is 2.25. The molecule has 1 N–H and O–H groups in total. The number of hydrogen-bond acceptors (Lipinski definition) is 2. The van der Waals surface area contributed by atoms with Crippen LogP contribution in [0.25, 0.3) is 0 Å². The van der Waals surface area contributed by atoms with Gasteiger partial charge in [-0.3, -0.25) is 9.59 Å². The maximum absolute atomic E-state index is 11.2. The molecule has 2 atom stereocenters. The fourth-order valence-electron chi connectivity index (χ4n) is 1.80. The summed E-state index contributed by atoms with van der Waals surface area (Å²) in [6, 6.07) is 0.0514. The molecule has 2 fully saturated rings. The second kappa shape index (κ2) is 2.73. The van der Waals surface area contributed by atoms with E-state index in [0.29, 0.717) is 11.9 Å². The highest BCUT2D eigenvalue weighted by molar-refractivity contribution is 9.09. The lowest BCUT2D eigenvalue weighted by Crippen LogP contribution is -2.65. The number of carbonyl (C=O) groups is 2. The van der Waals surface area contributed by atoms with Crippen molar-refractivity contribution in [3.63, 3.8) is 0 Å². The Morgan fingerprint density at radius 1 is 1.75 bits per heavy atom. The van der Waals surface area contributed by atoms with Gasteiger partial charge in [-0.1, -0.05) is 15.9 Å². The van der Waals surface area contributed by atoms with E-state index in [1.807, 2.05) is 0 Å². The van der Waals surface area contributed by atoms with Crippen molar-refractivity contribution in [3.05, 3.63) is 0 Å². The molecule has 1 unspecified atom stereocenters. The lowest BCUT2D eigenvalue weighted by molar-refractivity contribution is -0.142. The zero-order valence-electron chi connectivity index (χ0n) is 6.42. The van der Waals surface area contributed by atoms with Gasteiger partial charge < -0.3 is 10.2 Å². The highest BCUT2D eigenvalue weighted by atomic mass is 79.9. The van der Waals surface area contributed by atoms with Crippen LogP contribution in [0.4, 0.5) is 0 Å². The lowest BCUT2D eigenvalue weighted by Gasteiger charge is -2.35. The molecule has 0 aromatic heterocycles. The van der Waals surface area contributed by atoms with Gasteiger partial charge >= 0.3 is 0 Å². The molecule has 0 aliphatic carbocycles. The van der Waals surface area contributed by atoms with Crippen LogP contribution in [0.15, 0.2) is 0 Å². The Hall–Kier alpha value is -0.580. The molecule has 12 heavy (non-hydrogen) atoms. The minimum atomic E-state index is -0.171. The van der Waals surface area contributed by atoms with Gasteiger partial charge in [-0.15, -0.1) is 0 Å². The number of amides is 2. The van der Waals surface area contributed by atoms with Crippen molar-refractivity contribution in [2.75, 3.05) is 11.9 Å². The standard InChI is InChI=1S/C7H9BrN2O2/c8-3-5(11)10-2-1-4-6(10)7(12)9-4/h4,6H,1-3H2,(H,9,12)/t4?,6-/m1/s1. The van der Waals surface area contributed by atoms with Crippen LogP contribution >= 0.6 is 15.9 Å². The summed E-state index contributed by atoms with van der Waals surface area (Å²) in [6.07, 6.45) is 0.898. The molecule has 0 spiro atoms. The van der Waals surface area contributed by atoms with E-state index in [1.54, 1.807) is 4.90 Å². The van der Waals surface area contributed by atoms with Crippen LogP contribution in [0.3, 0.4) is 0 Å². The lowest BCUT2D eigenvalue weighted by atomic mass is 10.0. The largest absolute Gasteiger partial charge is 0.349 e. The summed E-state index contributed by atoms with van der Waals surface area (Å²) in [7, 11) is 0. The second-order valence-electron chi connectivity index (χ2n) is 3.07. The molecular weight excluding hydrogens is 224 g/mol. The molecule has 2 aliphatic heterocycles.